The lowest BCUT2D eigenvalue weighted by Crippen LogP contribution is -2.17. The molecule has 3 aromatic rings. The third-order valence-corrected chi connectivity index (χ3v) is 5.87. The molecule has 0 spiro atoms. The Balaban J connectivity index is 1.45. The van der Waals surface area contributed by atoms with Crippen molar-refractivity contribution in [1.82, 2.24) is 5.32 Å². The molecule has 7 heteroatoms. The molecule has 3 aromatic carbocycles. The monoisotopic (exact) mass is 463 g/mol. The molecular formula is C25H21NO4S2. The van der Waals surface area contributed by atoms with E-state index in [2.05, 4.69) is 5.32 Å². The van der Waals surface area contributed by atoms with Crippen molar-refractivity contribution in [2.24, 2.45) is 0 Å². The number of carbonyl (C=O) groups excluding carboxylic acids is 1. The Hall–Kier alpha value is -3.29. The lowest BCUT2D eigenvalue weighted by molar-refractivity contribution is -0.115. The van der Waals surface area contributed by atoms with Crippen LogP contribution in [0.25, 0.3) is 6.08 Å². The molecule has 0 radical (unpaired) electrons. The molecule has 1 saturated heterocycles. The molecule has 1 amide bonds. The highest BCUT2D eigenvalue weighted by molar-refractivity contribution is 8.26. The third kappa shape index (κ3) is 5.49. The first-order valence-corrected chi connectivity index (χ1v) is 11.1. The predicted octanol–water partition coefficient (Wildman–Crippen LogP) is 5.34. The fourth-order valence-corrected chi connectivity index (χ4v) is 4.15. The van der Waals surface area contributed by atoms with Crippen LogP contribution in [0.1, 0.15) is 16.7 Å². The first-order chi connectivity index (χ1) is 15.6. The van der Waals surface area contributed by atoms with Crippen molar-refractivity contribution < 1.29 is 19.0 Å². The van der Waals surface area contributed by atoms with E-state index in [1.807, 2.05) is 72.8 Å². The largest absolute Gasteiger partial charge is 0.493 e. The number of amides is 1. The number of methoxy groups -OCH3 is 1. The van der Waals surface area contributed by atoms with E-state index in [0.29, 0.717) is 39.7 Å². The van der Waals surface area contributed by atoms with E-state index in [1.165, 1.54) is 11.8 Å². The third-order valence-electron chi connectivity index (χ3n) is 4.71. The second-order valence-electron chi connectivity index (χ2n) is 6.94. The molecule has 1 N–H and O–H groups in total. The molecule has 0 unspecified atom stereocenters. The summed E-state index contributed by atoms with van der Waals surface area (Å²) in [4.78, 5) is 12.5. The summed E-state index contributed by atoms with van der Waals surface area (Å²) in [6.07, 6.45) is 1.79. The molecule has 4 rings (SSSR count). The Morgan fingerprint density at radius 1 is 0.875 bits per heavy atom. The number of thiocarbonyl (C=S) groups is 1. The van der Waals surface area contributed by atoms with E-state index < -0.39 is 0 Å². The van der Waals surface area contributed by atoms with Gasteiger partial charge in [-0.2, -0.15) is 0 Å². The van der Waals surface area contributed by atoms with Gasteiger partial charge in [-0.3, -0.25) is 4.79 Å². The highest BCUT2D eigenvalue weighted by Gasteiger charge is 2.22. The summed E-state index contributed by atoms with van der Waals surface area (Å²) in [6, 6.07) is 23.3. The number of hydrogen-bond acceptors (Lipinski definition) is 6. The second-order valence-corrected chi connectivity index (χ2v) is 8.66. The van der Waals surface area contributed by atoms with Gasteiger partial charge in [-0.05, 0) is 35.4 Å². The minimum absolute atomic E-state index is 0.189. The van der Waals surface area contributed by atoms with Gasteiger partial charge in [0, 0.05) is 5.56 Å². The highest BCUT2D eigenvalue weighted by Crippen LogP contribution is 2.31. The van der Waals surface area contributed by atoms with Gasteiger partial charge in [0.15, 0.2) is 11.5 Å². The molecule has 1 aliphatic rings. The van der Waals surface area contributed by atoms with Crippen molar-refractivity contribution in [2.45, 2.75) is 13.2 Å². The molecular weight excluding hydrogens is 442 g/mol. The molecule has 0 aromatic heterocycles. The SMILES string of the molecule is COc1cc(COc2ccccc2/C=C2/SC(=S)NC2=O)ccc1OCc1ccccc1. The molecule has 0 bridgehead atoms. The Labute approximate surface area is 196 Å². The lowest BCUT2D eigenvalue weighted by atomic mass is 10.1. The Bertz CT molecular complexity index is 1160. The summed E-state index contributed by atoms with van der Waals surface area (Å²) in [5.74, 6) is 1.80. The standard InChI is InChI=1S/C25H21NO4S2/c1-28-22-13-18(11-12-21(22)30-15-17-7-3-2-4-8-17)16-29-20-10-6-5-9-19(20)14-23-24(27)26-25(31)32-23/h2-14H,15-16H2,1H3,(H,26,27,31)/b23-14+. The number of thioether (sulfide) groups is 1. The maximum absolute atomic E-state index is 12.0. The van der Waals surface area contributed by atoms with Crippen LogP contribution in [-0.2, 0) is 18.0 Å². The van der Waals surface area contributed by atoms with Crippen molar-refractivity contribution in [3.8, 4) is 17.2 Å². The minimum atomic E-state index is -0.189. The summed E-state index contributed by atoms with van der Waals surface area (Å²) in [5.41, 5.74) is 2.83. The van der Waals surface area contributed by atoms with Gasteiger partial charge in [0.25, 0.3) is 5.91 Å². The normalized spacial score (nSPS) is 14.3. The zero-order chi connectivity index (χ0) is 22.3. The topological polar surface area (TPSA) is 56.8 Å². The van der Waals surface area contributed by atoms with E-state index in [-0.39, 0.29) is 5.91 Å². The van der Waals surface area contributed by atoms with Crippen LogP contribution < -0.4 is 19.5 Å². The number of carbonyl (C=O) groups is 1. The molecule has 0 aliphatic carbocycles. The summed E-state index contributed by atoms with van der Waals surface area (Å²) in [5, 5.41) is 2.62. The van der Waals surface area contributed by atoms with Crippen molar-refractivity contribution in [3.05, 3.63) is 94.4 Å². The number of ether oxygens (including phenoxy) is 3. The molecule has 0 saturated carbocycles. The maximum Gasteiger partial charge on any atom is 0.263 e. The van der Waals surface area contributed by atoms with Gasteiger partial charge in [-0.15, -0.1) is 0 Å². The summed E-state index contributed by atoms with van der Waals surface area (Å²) in [7, 11) is 1.62. The van der Waals surface area contributed by atoms with Gasteiger partial charge in [-0.25, -0.2) is 0 Å². The van der Waals surface area contributed by atoms with Crippen LogP contribution in [0.2, 0.25) is 0 Å². The van der Waals surface area contributed by atoms with E-state index >= 15 is 0 Å². The van der Waals surface area contributed by atoms with Crippen LogP contribution in [-0.4, -0.2) is 17.3 Å². The van der Waals surface area contributed by atoms with Gasteiger partial charge in [-0.1, -0.05) is 78.6 Å². The van der Waals surface area contributed by atoms with Gasteiger partial charge in [0.2, 0.25) is 0 Å². The first-order valence-electron chi connectivity index (χ1n) is 9.92. The van der Waals surface area contributed by atoms with Crippen LogP contribution in [0, 0.1) is 0 Å². The van der Waals surface area contributed by atoms with Crippen molar-refractivity contribution >= 4 is 40.3 Å². The minimum Gasteiger partial charge on any atom is -0.493 e. The first kappa shape index (κ1) is 21.9. The van der Waals surface area contributed by atoms with Gasteiger partial charge >= 0.3 is 0 Å². The molecule has 0 atom stereocenters. The smallest absolute Gasteiger partial charge is 0.263 e. The number of hydrogen-bond donors (Lipinski definition) is 1. The molecule has 1 aliphatic heterocycles. The number of benzene rings is 3. The zero-order valence-corrected chi connectivity index (χ0v) is 19.0. The second kappa shape index (κ2) is 10.3. The number of nitrogens with one attached hydrogen (secondary N) is 1. The Kier molecular flexibility index (Phi) is 7.09. The van der Waals surface area contributed by atoms with Crippen molar-refractivity contribution in [1.29, 1.82) is 0 Å². The average Bonchev–Trinajstić information content (AvgIpc) is 3.14. The van der Waals surface area contributed by atoms with Gasteiger partial charge in [0.1, 0.15) is 23.3 Å². The molecule has 1 fully saturated rings. The van der Waals surface area contributed by atoms with Crippen LogP contribution in [0.3, 0.4) is 0 Å². The van der Waals surface area contributed by atoms with Crippen molar-refractivity contribution in [3.63, 3.8) is 0 Å². The van der Waals surface area contributed by atoms with Crippen molar-refractivity contribution in [2.75, 3.05) is 7.11 Å². The zero-order valence-electron chi connectivity index (χ0n) is 17.4. The molecule has 32 heavy (non-hydrogen) atoms. The number of para-hydroxylation sites is 1. The Morgan fingerprint density at radius 2 is 1.59 bits per heavy atom. The summed E-state index contributed by atoms with van der Waals surface area (Å²) in [6.45, 7) is 0.803. The lowest BCUT2D eigenvalue weighted by Gasteiger charge is -2.14. The number of rotatable bonds is 8. The molecule has 5 nitrogen and oxygen atoms in total. The predicted molar refractivity (Wildman–Crippen MR) is 131 cm³/mol. The average molecular weight is 464 g/mol. The highest BCUT2D eigenvalue weighted by atomic mass is 32.2. The van der Waals surface area contributed by atoms with Crippen LogP contribution in [0.4, 0.5) is 0 Å². The molecule has 1 heterocycles. The van der Waals surface area contributed by atoms with Gasteiger partial charge in [0.05, 0.1) is 12.0 Å². The summed E-state index contributed by atoms with van der Waals surface area (Å²) < 4.78 is 17.9. The van der Waals surface area contributed by atoms with E-state index in [4.69, 9.17) is 26.4 Å². The quantitative estimate of drug-likeness (QED) is 0.359. The van der Waals surface area contributed by atoms with E-state index in [0.717, 1.165) is 16.7 Å². The fourth-order valence-electron chi connectivity index (χ4n) is 3.11. The molecule has 162 valence electrons. The van der Waals surface area contributed by atoms with Crippen LogP contribution >= 0.6 is 24.0 Å². The van der Waals surface area contributed by atoms with E-state index in [9.17, 15) is 4.79 Å². The van der Waals surface area contributed by atoms with Gasteiger partial charge < -0.3 is 19.5 Å². The summed E-state index contributed by atoms with van der Waals surface area (Å²) >= 11 is 6.30. The van der Waals surface area contributed by atoms with Crippen LogP contribution in [0.15, 0.2) is 77.7 Å². The van der Waals surface area contributed by atoms with Crippen LogP contribution in [0.5, 0.6) is 17.2 Å². The maximum atomic E-state index is 12.0. The fraction of sp³-hybridized carbons (Fsp3) is 0.120. The Morgan fingerprint density at radius 3 is 2.34 bits per heavy atom. The van der Waals surface area contributed by atoms with E-state index in [1.54, 1.807) is 13.2 Å².